The lowest BCUT2D eigenvalue weighted by Gasteiger charge is -2.07. The molecule has 1 N–H and O–H groups in total. The number of carboxylic acid groups (broad SMARTS) is 1. The molecule has 0 saturated heterocycles. The molecular formula is C16H14O5. The Morgan fingerprint density at radius 1 is 0.952 bits per heavy atom. The van der Waals surface area contributed by atoms with Crippen LogP contribution in [-0.4, -0.2) is 23.7 Å². The molecule has 0 radical (unpaired) electrons. The van der Waals surface area contributed by atoms with Gasteiger partial charge in [-0.05, 0) is 43.3 Å². The van der Waals surface area contributed by atoms with Gasteiger partial charge in [-0.2, -0.15) is 0 Å². The summed E-state index contributed by atoms with van der Waals surface area (Å²) in [5.41, 5.74) is 1.23. The predicted molar refractivity (Wildman–Crippen MR) is 75.7 cm³/mol. The third-order valence-corrected chi connectivity index (χ3v) is 2.71. The Morgan fingerprint density at radius 3 is 2.10 bits per heavy atom. The van der Waals surface area contributed by atoms with Crippen molar-refractivity contribution in [3.63, 3.8) is 0 Å². The first-order chi connectivity index (χ1) is 10.0. The fourth-order valence-corrected chi connectivity index (χ4v) is 1.60. The number of esters is 1. The highest BCUT2D eigenvalue weighted by molar-refractivity contribution is 5.87. The van der Waals surface area contributed by atoms with Gasteiger partial charge in [0.15, 0.2) is 6.61 Å². The molecule has 0 aromatic heterocycles. The monoisotopic (exact) mass is 286 g/mol. The molecule has 0 amide bonds. The number of hydrogen-bond acceptors (Lipinski definition) is 4. The van der Waals surface area contributed by atoms with E-state index in [4.69, 9.17) is 14.6 Å². The quantitative estimate of drug-likeness (QED) is 0.675. The predicted octanol–water partition coefficient (Wildman–Crippen LogP) is 2.68. The van der Waals surface area contributed by atoms with Gasteiger partial charge in [0, 0.05) is 0 Å². The third-order valence-electron chi connectivity index (χ3n) is 2.71. The van der Waals surface area contributed by atoms with Crippen LogP contribution in [0.1, 0.15) is 15.9 Å². The zero-order valence-electron chi connectivity index (χ0n) is 11.4. The molecule has 0 unspecified atom stereocenters. The van der Waals surface area contributed by atoms with E-state index in [2.05, 4.69) is 0 Å². The summed E-state index contributed by atoms with van der Waals surface area (Å²) in [6, 6.07) is 12.9. The number of carboxylic acids is 1. The summed E-state index contributed by atoms with van der Waals surface area (Å²) in [5.74, 6) is -0.731. The highest BCUT2D eigenvalue weighted by Crippen LogP contribution is 2.14. The van der Waals surface area contributed by atoms with E-state index >= 15 is 0 Å². The minimum absolute atomic E-state index is 0.130. The zero-order valence-corrected chi connectivity index (χ0v) is 11.4. The molecule has 0 spiro atoms. The molecule has 0 atom stereocenters. The van der Waals surface area contributed by atoms with E-state index in [9.17, 15) is 9.59 Å². The van der Waals surface area contributed by atoms with Crippen molar-refractivity contribution in [1.82, 2.24) is 0 Å². The van der Waals surface area contributed by atoms with Crippen LogP contribution in [0.3, 0.4) is 0 Å². The summed E-state index contributed by atoms with van der Waals surface area (Å²) in [5, 5.41) is 8.76. The van der Waals surface area contributed by atoms with Crippen molar-refractivity contribution in [1.29, 1.82) is 0 Å². The number of hydrogen-bond donors (Lipinski definition) is 1. The summed E-state index contributed by atoms with van der Waals surface area (Å²) in [6.07, 6.45) is 0. The van der Waals surface area contributed by atoms with Gasteiger partial charge in [-0.25, -0.2) is 9.59 Å². The zero-order chi connectivity index (χ0) is 15.2. The van der Waals surface area contributed by atoms with Crippen LogP contribution in [0.2, 0.25) is 0 Å². The van der Waals surface area contributed by atoms with E-state index in [0.717, 1.165) is 5.56 Å². The standard InChI is InChI=1S/C16H14O5/c1-11-2-6-13(7-3-11)20-10-15(17)21-14-8-4-12(5-9-14)16(18)19/h2-9H,10H2,1H3,(H,18,19). The molecule has 0 aliphatic heterocycles. The number of carbonyl (C=O) groups excluding carboxylic acids is 1. The molecule has 5 heteroatoms. The maximum atomic E-state index is 11.6. The molecule has 0 heterocycles. The summed E-state index contributed by atoms with van der Waals surface area (Å²) >= 11 is 0. The molecular weight excluding hydrogens is 272 g/mol. The smallest absolute Gasteiger partial charge is 0.349 e. The first kappa shape index (κ1) is 14.6. The van der Waals surface area contributed by atoms with Crippen molar-refractivity contribution in [3.8, 4) is 11.5 Å². The molecule has 2 aromatic rings. The van der Waals surface area contributed by atoms with Gasteiger partial charge in [0.05, 0.1) is 5.56 Å². The Labute approximate surface area is 121 Å². The van der Waals surface area contributed by atoms with Crippen molar-refractivity contribution >= 4 is 11.9 Å². The molecule has 0 fully saturated rings. The van der Waals surface area contributed by atoms with Crippen molar-refractivity contribution in [2.75, 3.05) is 6.61 Å². The highest BCUT2D eigenvalue weighted by Gasteiger charge is 2.07. The average Bonchev–Trinajstić information content (AvgIpc) is 2.47. The van der Waals surface area contributed by atoms with Crippen molar-refractivity contribution in [2.45, 2.75) is 6.92 Å². The van der Waals surface area contributed by atoms with Crippen LogP contribution in [0.15, 0.2) is 48.5 Å². The third kappa shape index (κ3) is 4.35. The Morgan fingerprint density at radius 2 is 1.52 bits per heavy atom. The van der Waals surface area contributed by atoms with Gasteiger partial charge in [0.1, 0.15) is 11.5 Å². The average molecular weight is 286 g/mol. The lowest BCUT2D eigenvalue weighted by atomic mass is 10.2. The van der Waals surface area contributed by atoms with Crippen LogP contribution in [0.25, 0.3) is 0 Å². The van der Waals surface area contributed by atoms with Crippen molar-refractivity contribution in [2.24, 2.45) is 0 Å². The Bertz CT molecular complexity index is 629. The van der Waals surface area contributed by atoms with Gasteiger partial charge >= 0.3 is 11.9 Å². The van der Waals surface area contributed by atoms with E-state index in [1.807, 2.05) is 19.1 Å². The Hall–Kier alpha value is -2.82. The number of aryl methyl sites for hydroxylation is 1. The largest absolute Gasteiger partial charge is 0.482 e. The van der Waals surface area contributed by atoms with E-state index in [-0.39, 0.29) is 17.9 Å². The second kappa shape index (κ2) is 6.56. The van der Waals surface area contributed by atoms with Gasteiger partial charge < -0.3 is 14.6 Å². The number of aromatic carboxylic acids is 1. The number of rotatable bonds is 5. The van der Waals surface area contributed by atoms with Crippen molar-refractivity contribution < 1.29 is 24.2 Å². The maximum absolute atomic E-state index is 11.6. The Kier molecular flexibility index (Phi) is 4.56. The molecule has 0 bridgehead atoms. The van der Waals surface area contributed by atoms with Gasteiger partial charge in [0.2, 0.25) is 0 Å². The van der Waals surface area contributed by atoms with Gasteiger partial charge in [-0.15, -0.1) is 0 Å². The summed E-state index contributed by atoms with van der Waals surface area (Å²) < 4.78 is 10.3. The van der Waals surface area contributed by atoms with E-state index in [1.165, 1.54) is 24.3 Å². The second-order valence-corrected chi connectivity index (χ2v) is 4.41. The summed E-state index contributed by atoms with van der Waals surface area (Å²) in [7, 11) is 0. The second-order valence-electron chi connectivity index (χ2n) is 4.41. The summed E-state index contributed by atoms with van der Waals surface area (Å²) in [4.78, 5) is 22.3. The summed E-state index contributed by atoms with van der Waals surface area (Å²) in [6.45, 7) is 1.74. The normalized spacial score (nSPS) is 9.95. The Balaban J connectivity index is 1.86. The minimum atomic E-state index is -1.03. The van der Waals surface area contributed by atoms with E-state index in [0.29, 0.717) is 5.75 Å². The van der Waals surface area contributed by atoms with Gasteiger partial charge in [-0.3, -0.25) is 0 Å². The number of benzene rings is 2. The highest BCUT2D eigenvalue weighted by atomic mass is 16.6. The first-order valence-corrected chi connectivity index (χ1v) is 6.28. The minimum Gasteiger partial charge on any atom is -0.482 e. The lowest BCUT2D eigenvalue weighted by molar-refractivity contribution is -0.136. The van der Waals surface area contributed by atoms with Crippen molar-refractivity contribution in [3.05, 3.63) is 59.7 Å². The first-order valence-electron chi connectivity index (χ1n) is 6.28. The SMILES string of the molecule is Cc1ccc(OCC(=O)Oc2ccc(C(=O)O)cc2)cc1. The lowest BCUT2D eigenvalue weighted by Crippen LogP contribution is -2.17. The number of ether oxygens (including phenoxy) is 2. The van der Waals surface area contributed by atoms with Crippen LogP contribution in [0, 0.1) is 6.92 Å². The van der Waals surface area contributed by atoms with Crippen LogP contribution < -0.4 is 9.47 Å². The van der Waals surface area contributed by atoms with Crippen LogP contribution in [0.4, 0.5) is 0 Å². The topological polar surface area (TPSA) is 72.8 Å². The van der Waals surface area contributed by atoms with Crippen LogP contribution >= 0.6 is 0 Å². The van der Waals surface area contributed by atoms with E-state index in [1.54, 1.807) is 12.1 Å². The molecule has 108 valence electrons. The fraction of sp³-hybridized carbons (Fsp3) is 0.125. The maximum Gasteiger partial charge on any atom is 0.349 e. The van der Waals surface area contributed by atoms with Gasteiger partial charge in [0.25, 0.3) is 0 Å². The molecule has 21 heavy (non-hydrogen) atoms. The van der Waals surface area contributed by atoms with Crippen LogP contribution in [0.5, 0.6) is 11.5 Å². The fourth-order valence-electron chi connectivity index (χ4n) is 1.60. The van der Waals surface area contributed by atoms with Crippen LogP contribution in [-0.2, 0) is 4.79 Å². The molecule has 5 nitrogen and oxygen atoms in total. The number of carbonyl (C=O) groups is 2. The molecule has 0 saturated carbocycles. The van der Waals surface area contributed by atoms with Gasteiger partial charge in [-0.1, -0.05) is 17.7 Å². The molecule has 2 aromatic carbocycles. The molecule has 0 aliphatic rings. The molecule has 2 rings (SSSR count). The molecule has 0 aliphatic carbocycles. The van der Waals surface area contributed by atoms with E-state index < -0.39 is 11.9 Å².